The summed E-state index contributed by atoms with van der Waals surface area (Å²) in [6, 6.07) is 52.0. The Morgan fingerprint density at radius 2 is 1.33 bits per heavy atom. The second-order valence-electron chi connectivity index (χ2n) is 13.2. The van der Waals surface area contributed by atoms with E-state index in [4.69, 9.17) is 9.72 Å². The number of fused-ring (bicyclic) bond motifs is 9. The van der Waals surface area contributed by atoms with Gasteiger partial charge in [-0.15, -0.1) is 0 Å². The first-order valence-corrected chi connectivity index (χ1v) is 16.8. The van der Waals surface area contributed by atoms with E-state index in [9.17, 15) is 0 Å². The molecule has 3 aliphatic rings. The molecule has 1 aliphatic heterocycles. The number of aromatic nitrogens is 2. The highest BCUT2D eigenvalue weighted by atomic mass is 16.5. The van der Waals surface area contributed by atoms with E-state index in [1.807, 2.05) is 6.07 Å². The van der Waals surface area contributed by atoms with Crippen molar-refractivity contribution in [1.82, 2.24) is 9.55 Å². The molecule has 1 unspecified atom stereocenters. The second-order valence-corrected chi connectivity index (χ2v) is 13.2. The van der Waals surface area contributed by atoms with E-state index in [-0.39, 0.29) is 0 Å². The molecule has 0 saturated heterocycles. The van der Waals surface area contributed by atoms with E-state index in [2.05, 4.69) is 163 Å². The van der Waals surface area contributed by atoms with Gasteiger partial charge in [0.15, 0.2) is 0 Å². The largest absolute Gasteiger partial charge is 0.456 e. The lowest BCUT2D eigenvalue weighted by molar-refractivity contribution is 0.431. The molecule has 1 aromatic heterocycles. The number of hydrogen-bond donors (Lipinski definition) is 0. The van der Waals surface area contributed by atoms with Crippen molar-refractivity contribution in [3.8, 4) is 39.7 Å². The summed E-state index contributed by atoms with van der Waals surface area (Å²) in [4.78, 5) is 5.10. The van der Waals surface area contributed by atoms with Gasteiger partial charge in [-0.2, -0.15) is 0 Å². The fourth-order valence-corrected chi connectivity index (χ4v) is 8.44. The molecule has 10 rings (SSSR count). The topological polar surface area (TPSA) is 27.1 Å². The monoisotopic (exact) mass is 616 g/mol. The Balaban J connectivity index is 1.16. The summed E-state index contributed by atoms with van der Waals surface area (Å²) in [6.45, 7) is 2.33. The molecule has 0 bridgehead atoms. The van der Waals surface area contributed by atoms with Crippen molar-refractivity contribution in [3.05, 3.63) is 186 Å². The molecule has 0 N–H and O–H groups in total. The molecule has 48 heavy (non-hydrogen) atoms. The number of para-hydroxylation sites is 5. The molecule has 2 atom stereocenters. The van der Waals surface area contributed by atoms with Crippen LogP contribution in [-0.4, -0.2) is 9.55 Å². The van der Waals surface area contributed by atoms with Gasteiger partial charge in [0.1, 0.15) is 17.3 Å². The van der Waals surface area contributed by atoms with E-state index >= 15 is 0 Å². The van der Waals surface area contributed by atoms with Gasteiger partial charge in [-0.3, -0.25) is 4.57 Å². The van der Waals surface area contributed by atoms with Crippen LogP contribution in [0.25, 0.3) is 44.8 Å². The van der Waals surface area contributed by atoms with Gasteiger partial charge in [0.2, 0.25) is 0 Å². The van der Waals surface area contributed by atoms with Gasteiger partial charge in [-0.05, 0) is 70.5 Å². The zero-order chi connectivity index (χ0) is 31.8. The molecule has 228 valence electrons. The predicted molar refractivity (Wildman–Crippen MR) is 195 cm³/mol. The van der Waals surface area contributed by atoms with Crippen molar-refractivity contribution in [1.29, 1.82) is 0 Å². The van der Waals surface area contributed by atoms with Gasteiger partial charge < -0.3 is 4.74 Å². The first kappa shape index (κ1) is 27.2. The lowest BCUT2D eigenvalue weighted by Crippen LogP contribution is -2.34. The van der Waals surface area contributed by atoms with E-state index < -0.39 is 5.41 Å². The molecule has 0 fully saturated rings. The van der Waals surface area contributed by atoms with Crippen molar-refractivity contribution in [2.75, 3.05) is 0 Å². The number of allylic oxidation sites excluding steroid dienone is 4. The summed E-state index contributed by atoms with van der Waals surface area (Å²) in [6.07, 6.45) is 5.74. The fraction of sp³-hybridized carbons (Fsp3) is 0.0889. The highest BCUT2D eigenvalue weighted by molar-refractivity contribution is 5.93. The van der Waals surface area contributed by atoms with Crippen LogP contribution in [0.1, 0.15) is 35.6 Å². The zero-order valence-corrected chi connectivity index (χ0v) is 26.6. The highest BCUT2D eigenvalue weighted by Crippen LogP contribution is 2.64. The lowest BCUT2D eigenvalue weighted by atomic mass is 9.63. The van der Waals surface area contributed by atoms with Crippen molar-refractivity contribution in [2.45, 2.75) is 18.8 Å². The normalized spacial score (nSPS) is 18.7. The summed E-state index contributed by atoms with van der Waals surface area (Å²) in [5.41, 5.74) is 14.0. The average molecular weight is 617 g/mol. The van der Waals surface area contributed by atoms with Gasteiger partial charge >= 0.3 is 0 Å². The van der Waals surface area contributed by atoms with Gasteiger partial charge in [0.05, 0.1) is 16.4 Å². The van der Waals surface area contributed by atoms with Gasteiger partial charge in [0.25, 0.3) is 0 Å². The molecule has 3 heteroatoms. The predicted octanol–water partition coefficient (Wildman–Crippen LogP) is 11.2. The number of hydrogen-bond acceptors (Lipinski definition) is 2. The van der Waals surface area contributed by atoms with Crippen LogP contribution in [0.4, 0.5) is 0 Å². The number of rotatable bonds is 3. The molecule has 1 spiro atoms. The van der Waals surface area contributed by atoms with Crippen molar-refractivity contribution >= 4 is 16.6 Å². The van der Waals surface area contributed by atoms with Crippen LogP contribution in [0.15, 0.2) is 163 Å². The van der Waals surface area contributed by atoms with Gasteiger partial charge in [0, 0.05) is 27.9 Å². The van der Waals surface area contributed by atoms with Crippen LogP contribution in [0.5, 0.6) is 11.5 Å². The smallest absolute Gasteiger partial charge is 0.145 e. The zero-order valence-electron chi connectivity index (χ0n) is 26.6. The van der Waals surface area contributed by atoms with Crippen LogP contribution < -0.4 is 4.74 Å². The Bertz CT molecular complexity index is 2470. The fourth-order valence-electron chi connectivity index (χ4n) is 8.44. The maximum absolute atomic E-state index is 6.95. The Labute approximate surface area is 280 Å². The number of ether oxygens (including phenoxy) is 1. The highest BCUT2D eigenvalue weighted by Gasteiger charge is 2.52. The van der Waals surface area contributed by atoms with Crippen LogP contribution in [0, 0.1) is 5.92 Å². The van der Waals surface area contributed by atoms with E-state index in [1.54, 1.807) is 0 Å². The van der Waals surface area contributed by atoms with Crippen LogP contribution in [0.3, 0.4) is 0 Å². The van der Waals surface area contributed by atoms with E-state index in [0.717, 1.165) is 57.2 Å². The third kappa shape index (κ3) is 3.73. The quantitative estimate of drug-likeness (QED) is 0.197. The Hall–Kier alpha value is -5.93. The lowest BCUT2D eigenvalue weighted by Gasteiger charge is -2.42. The molecule has 2 aliphatic carbocycles. The molecule has 7 aromatic rings. The maximum Gasteiger partial charge on any atom is 0.145 e. The molecule has 6 aromatic carbocycles. The maximum atomic E-state index is 6.95. The second kappa shape index (κ2) is 10.3. The van der Waals surface area contributed by atoms with Crippen molar-refractivity contribution in [3.63, 3.8) is 0 Å². The SMILES string of the molecule is CC1C=CC2=C(C1)[C@@]1(c3ccccc3Oc3c(-c4ccc(-c5nc6ccccc6n5-c5ccccc5)cc4)cccc31)c1ccccc12. The van der Waals surface area contributed by atoms with Crippen LogP contribution in [-0.2, 0) is 5.41 Å². The Morgan fingerprint density at radius 3 is 2.21 bits per heavy atom. The molecule has 0 saturated carbocycles. The minimum absolute atomic E-state index is 0.411. The third-order valence-corrected chi connectivity index (χ3v) is 10.5. The Morgan fingerprint density at radius 1 is 0.646 bits per heavy atom. The molecule has 3 nitrogen and oxygen atoms in total. The minimum Gasteiger partial charge on any atom is -0.456 e. The molecule has 2 heterocycles. The summed E-state index contributed by atoms with van der Waals surface area (Å²) < 4.78 is 9.20. The first-order valence-electron chi connectivity index (χ1n) is 16.8. The third-order valence-electron chi connectivity index (χ3n) is 10.5. The van der Waals surface area contributed by atoms with Crippen molar-refractivity contribution < 1.29 is 4.74 Å². The summed E-state index contributed by atoms with van der Waals surface area (Å²) in [7, 11) is 0. The number of nitrogens with zero attached hydrogens (tertiary/aromatic N) is 2. The first-order chi connectivity index (χ1) is 23.7. The summed E-state index contributed by atoms with van der Waals surface area (Å²) >= 11 is 0. The Kier molecular flexibility index (Phi) is 5.83. The summed E-state index contributed by atoms with van der Waals surface area (Å²) in [5, 5.41) is 0. The molecular formula is C45H32N2O. The molecule has 0 amide bonds. The summed E-state index contributed by atoms with van der Waals surface area (Å²) in [5.74, 6) is 3.25. The van der Waals surface area contributed by atoms with Crippen LogP contribution >= 0.6 is 0 Å². The number of benzene rings is 6. The standard InChI is InChI=1S/C45H32N2O/c1-29-22-27-35-34-14-5-6-16-36(34)45(39(35)28-29)37-17-7-10-21-42(37)48-43-33(15-11-18-38(43)45)30-23-25-31(26-24-30)44-46-40-19-8-9-20-41(40)47(44)32-12-3-2-4-13-32/h2-27,29H,28H2,1H3/t29?,45-/m1/s1. The molecular weight excluding hydrogens is 585 g/mol. The van der Waals surface area contributed by atoms with Crippen LogP contribution in [0.2, 0.25) is 0 Å². The van der Waals surface area contributed by atoms with E-state index in [0.29, 0.717) is 5.92 Å². The van der Waals surface area contributed by atoms with Crippen molar-refractivity contribution in [2.24, 2.45) is 5.92 Å². The minimum atomic E-state index is -0.411. The average Bonchev–Trinajstić information content (AvgIpc) is 3.66. The van der Waals surface area contributed by atoms with E-state index in [1.165, 1.54) is 33.4 Å². The molecule has 0 radical (unpaired) electrons. The van der Waals surface area contributed by atoms with Gasteiger partial charge in [-0.25, -0.2) is 4.98 Å². The van der Waals surface area contributed by atoms with Gasteiger partial charge in [-0.1, -0.05) is 134 Å². The number of imidazole rings is 1.